The lowest BCUT2D eigenvalue weighted by Crippen LogP contribution is -2.45. The van der Waals surface area contributed by atoms with Crippen molar-refractivity contribution in [2.45, 2.75) is 45.2 Å². The van der Waals surface area contributed by atoms with E-state index in [1.807, 2.05) is 30.9 Å². The molecule has 0 aliphatic carbocycles. The van der Waals surface area contributed by atoms with Gasteiger partial charge in [-0.3, -0.25) is 4.79 Å². The monoisotopic (exact) mass is 335 g/mol. The first kappa shape index (κ1) is 17.8. The number of hydrogen-bond donors (Lipinski definition) is 2. The third-order valence-electron chi connectivity index (χ3n) is 4.87. The van der Waals surface area contributed by atoms with Crippen LogP contribution < -0.4 is 5.73 Å². The molecule has 1 aliphatic heterocycles. The van der Waals surface area contributed by atoms with E-state index in [9.17, 15) is 4.79 Å². The number of aromatic nitrogens is 1. The van der Waals surface area contributed by atoms with Gasteiger partial charge < -0.3 is 15.6 Å². The van der Waals surface area contributed by atoms with Crippen molar-refractivity contribution in [3.8, 4) is 0 Å². The van der Waals surface area contributed by atoms with E-state index in [4.69, 9.17) is 5.73 Å². The van der Waals surface area contributed by atoms with Crippen molar-refractivity contribution in [3.05, 3.63) is 36.0 Å². The van der Waals surface area contributed by atoms with Crippen LogP contribution in [0, 0.1) is 5.92 Å². The molecule has 0 spiro atoms. The molecule has 23 heavy (non-hydrogen) atoms. The Balaban J connectivity index is 0.00000192. The highest BCUT2D eigenvalue weighted by Gasteiger charge is 2.32. The second-order valence-electron chi connectivity index (χ2n) is 6.50. The first-order chi connectivity index (χ1) is 10.6. The summed E-state index contributed by atoms with van der Waals surface area (Å²) in [5.41, 5.74) is 8.21. The number of carbonyl (C=O) groups is 1. The lowest BCUT2D eigenvalue weighted by atomic mass is 9.95. The first-order valence-electron chi connectivity index (χ1n) is 8.21. The van der Waals surface area contributed by atoms with Crippen molar-refractivity contribution in [1.82, 2.24) is 9.88 Å². The molecule has 3 rings (SSSR count). The number of amides is 1. The zero-order chi connectivity index (χ0) is 15.7. The second-order valence-corrected chi connectivity index (χ2v) is 6.50. The zero-order valence-electron chi connectivity index (χ0n) is 13.8. The maximum atomic E-state index is 12.8. The van der Waals surface area contributed by atoms with Crippen LogP contribution in [0.5, 0.6) is 0 Å². The maximum absolute atomic E-state index is 12.8. The summed E-state index contributed by atoms with van der Waals surface area (Å²) in [6, 6.07) is 10.5. The average molecular weight is 336 g/mol. The van der Waals surface area contributed by atoms with E-state index in [-0.39, 0.29) is 36.3 Å². The number of H-pyrrole nitrogens is 1. The summed E-state index contributed by atoms with van der Waals surface area (Å²) >= 11 is 0. The van der Waals surface area contributed by atoms with E-state index in [0.717, 1.165) is 37.0 Å². The quantitative estimate of drug-likeness (QED) is 0.899. The summed E-state index contributed by atoms with van der Waals surface area (Å²) in [4.78, 5) is 18.3. The lowest BCUT2D eigenvalue weighted by molar-refractivity contribution is -0.139. The van der Waals surface area contributed by atoms with Gasteiger partial charge in [-0.1, -0.05) is 25.1 Å². The lowest BCUT2D eigenvalue weighted by Gasteiger charge is -2.37. The molecule has 126 valence electrons. The molecule has 1 aliphatic rings. The topological polar surface area (TPSA) is 62.1 Å². The molecule has 0 saturated carbocycles. The van der Waals surface area contributed by atoms with E-state index in [1.165, 1.54) is 5.39 Å². The van der Waals surface area contributed by atoms with Gasteiger partial charge in [-0.2, -0.15) is 0 Å². The Bertz CT molecular complexity index is 634. The molecular formula is C18H26ClN3O. The molecule has 3 N–H and O–H groups in total. The number of benzene rings is 1. The first-order valence-corrected chi connectivity index (χ1v) is 8.21. The predicted octanol–water partition coefficient (Wildman–Crippen LogP) is 3.63. The molecule has 2 aromatic rings. The van der Waals surface area contributed by atoms with Gasteiger partial charge in [-0.15, -0.1) is 12.4 Å². The van der Waals surface area contributed by atoms with Crippen LogP contribution in [-0.2, 0) is 4.79 Å². The van der Waals surface area contributed by atoms with Crippen molar-refractivity contribution in [2.75, 3.05) is 6.54 Å². The van der Waals surface area contributed by atoms with Crippen LogP contribution in [0.4, 0.5) is 0 Å². The number of likely N-dealkylation sites (tertiary alicyclic amines) is 1. The summed E-state index contributed by atoms with van der Waals surface area (Å²) in [7, 11) is 0. The molecule has 3 unspecified atom stereocenters. The molecule has 1 amide bonds. The maximum Gasteiger partial charge on any atom is 0.227 e. The summed E-state index contributed by atoms with van der Waals surface area (Å²) < 4.78 is 0. The van der Waals surface area contributed by atoms with Crippen molar-refractivity contribution < 1.29 is 4.79 Å². The minimum atomic E-state index is -0.134. The fraction of sp³-hybridized carbons (Fsp3) is 0.500. The highest BCUT2D eigenvalue weighted by atomic mass is 35.5. The van der Waals surface area contributed by atoms with Gasteiger partial charge in [0.2, 0.25) is 5.91 Å². The zero-order valence-corrected chi connectivity index (χ0v) is 14.6. The second kappa shape index (κ2) is 7.37. The largest absolute Gasteiger partial charge is 0.357 e. The van der Waals surface area contributed by atoms with Crippen LogP contribution in [0.15, 0.2) is 30.3 Å². The number of nitrogens with two attached hydrogens (primary N) is 1. The molecule has 4 nitrogen and oxygen atoms in total. The van der Waals surface area contributed by atoms with Crippen molar-refractivity contribution in [1.29, 1.82) is 0 Å². The van der Waals surface area contributed by atoms with E-state index < -0.39 is 0 Å². The average Bonchev–Trinajstić information content (AvgIpc) is 2.97. The Morgan fingerprint density at radius 1 is 1.30 bits per heavy atom. The Labute approximate surface area is 143 Å². The van der Waals surface area contributed by atoms with Crippen LogP contribution in [-0.4, -0.2) is 28.4 Å². The number of aromatic amines is 1. The summed E-state index contributed by atoms with van der Waals surface area (Å²) in [5, 5.41) is 1.20. The van der Waals surface area contributed by atoms with Crippen molar-refractivity contribution in [3.63, 3.8) is 0 Å². The van der Waals surface area contributed by atoms with Gasteiger partial charge in [-0.25, -0.2) is 0 Å². The van der Waals surface area contributed by atoms with Crippen LogP contribution in [0.25, 0.3) is 10.9 Å². The summed E-state index contributed by atoms with van der Waals surface area (Å²) in [6.45, 7) is 4.67. The molecule has 1 saturated heterocycles. The smallest absolute Gasteiger partial charge is 0.227 e. The molecular weight excluding hydrogens is 310 g/mol. The molecule has 1 aromatic carbocycles. The number of nitrogens with zero attached hydrogens (tertiary/aromatic N) is 1. The van der Waals surface area contributed by atoms with E-state index in [0.29, 0.717) is 0 Å². The van der Waals surface area contributed by atoms with Crippen LogP contribution in [0.1, 0.15) is 44.8 Å². The minimum absolute atomic E-state index is 0. The van der Waals surface area contributed by atoms with Gasteiger partial charge in [0.1, 0.15) is 0 Å². The summed E-state index contributed by atoms with van der Waals surface area (Å²) in [6.07, 6.45) is 3.26. The Morgan fingerprint density at radius 2 is 2.04 bits per heavy atom. The van der Waals surface area contributed by atoms with Gasteiger partial charge in [0, 0.05) is 23.8 Å². The number of halogens is 1. The van der Waals surface area contributed by atoms with Crippen LogP contribution in [0.3, 0.4) is 0 Å². The molecule has 2 heterocycles. The Kier molecular flexibility index (Phi) is 5.71. The van der Waals surface area contributed by atoms with Gasteiger partial charge in [-0.05, 0) is 43.7 Å². The third-order valence-corrected chi connectivity index (χ3v) is 4.87. The SMILES string of the molecule is CC(N)C(C)C(=O)N1CCCCC1c1cc2ccccc2[nH]1.Cl. The molecule has 3 atom stereocenters. The molecule has 0 radical (unpaired) electrons. The molecule has 0 bridgehead atoms. The highest BCUT2D eigenvalue weighted by Crippen LogP contribution is 2.33. The number of fused-ring (bicyclic) bond motifs is 1. The summed E-state index contributed by atoms with van der Waals surface area (Å²) in [5.74, 6) is 0.0448. The molecule has 5 heteroatoms. The predicted molar refractivity (Wildman–Crippen MR) is 96.7 cm³/mol. The number of piperidine rings is 1. The number of nitrogens with one attached hydrogen (secondary N) is 1. The fourth-order valence-corrected chi connectivity index (χ4v) is 3.28. The van der Waals surface area contributed by atoms with Gasteiger partial charge in [0.25, 0.3) is 0 Å². The Morgan fingerprint density at radius 3 is 2.74 bits per heavy atom. The van der Waals surface area contributed by atoms with Gasteiger partial charge >= 0.3 is 0 Å². The van der Waals surface area contributed by atoms with Gasteiger partial charge in [0.05, 0.1) is 12.0 Å². The fourth-order valence-electron chi connectivity index (χ4n) is 3.28. The number of hydrogen-bond acceptors (Lipinski definition) is 2. The van der Waals surface area contributed by atoms with Gasteiger partial charge in [0.15, 0.2) is 0 Å². The van der Waals surface area contributed by atoms with Crippen molar-refractivity contribution in [2.24, 2.45) is 11.7 Å². The number of carbonyl (C=O) groups excluding carboxylic acids is 1. The van der Waals surface area contributed by atoms with Crippen molar-refractivity contribution >= 4 is 29.2 Å². The van der Waals surface area contributed by atoms with E-state index in [1.54, 1.807) is 0 Å². The Hall–Kier alpha value is -1.52. The molecule has 1 aromatic heterocycles. The van der Waals surface area contributed by atoms with E-state index >= 15 is 0 Å². The molecule has 1 fully saturated rings. The van der Waals surface area contributed by atoms with E-state index in [2.05, 4.69) is 23.2 Å². The highest BCUT2D eigenvalue weighted by molar-refractivity contribution is 5.85. The van der Waals surface area contributed by atoms with Crippen LogP contribution >= 0.6 is 12.4 Å². The minimum Gasteiger partial charge on any atom is -0.357 e. The van der Waals surface area contributed by atoms with Crippen LogP contribution in [0.2, 0.25) is 0 Å². The number of para-hydroxylation sites is 1. The number of rotatable bonds is 3. The standard InChI is InChI=1S/C18H25N3O.ClH/c1-12(13(2)19)18(22)21-10-6-5-9-17(21)16-11-14-7-3-4-8-15(14)20-16;/h3-4,7-8,11-13,17,20H,5-6,9-10,19H2,1-2H3;1H. The third kappa shape index (κ3) is 3.54. The normalized spacial score (nSPS) is 20.8.